The average Bonchev–Trinajstić information content (AvgIpc) is 3.14. The van der Waals surface area contributed by atoms with Crippen LogP contribution in [0.4, 0.5) is 0 Å². The Labute approximate surface area is 142 Å². The summed E-state index contributed by atoms with van der Waals surface area (Å²) in [7, 11) is 0. The van der Waals surface area contributed by atoms with Crippen molar-refractivity contribution < 1.29 is 9.21 Å². The van der Waals surface area contributed by atoms with Gasteiger partial charge in [0.25, 0.3) is 5.91 Å². The van der Waals surface area contributed by atoms with Crippen molar-refractivity contribution in [2.24, 2.45) is 0 Å². The first-order valence-corrected chi connectivity index (χ1v) is 7.99. The summed E-state index contributed by atoms with van der Waals surface area (Å²) in [5.41, 5.74) is 3.01. The molecule has 0 bridgehead atoms. The lowest BCUT2D eigenvalue weighted by Gasteiger charge is -2.07. The van der Waals surface area contributed by atoms with Gasteiger partial charge >= 0.3 is 0 Å². The normalized spacial score (nSPS) is 10.7. The molecule has 0 radical (unpaired) electrons. The summed E-state index contributed by atoms with van der Waals surface area (Å²) in [6.07, 6.45) is 5.46. The number of nitrogens with zero attached hydrogens (tertiary/aromatic N) is 2. The third-order valence-corrected chi connectivity index (χ3v) is 3.85. The van der Waals surface area contributed by atoms with Crippen molar-refractivity contribution >= 4 is 21.8 Å². The van der Waals surface area contributed by atoms with Gasteiger partial charge < -0.3 is 14.3 Å². The largest absolute Gasteiger partial charge is 0.444 e. The van der Waals surface area contributed by atoms with Gasteiger partial charge in [-0.15, -0.1) is 0 Å². The zero-order valence-electron chi connectivity index (χ0n) is 12.6. The second-order valence-electron chi connectivity index (χ2n) is 5.30. The Morgan fingerprint density at radius 1 is 1.35 bits per heavy atom. The van der Waals surface area contributed by atoms with Crippen molar-refractivity contribution in [3.05, 3.63) is 76.2 Å². The van der Waals surface area contributed by atoms with E-state index in [4.69, 9.17) is 4.42 Å². The fourth-order valence-electron chi connectivity index (χ4n) is 2.36. The molecule has 1 amide bonds. The quantitative estimate of drug-likeness (QED) is 0.743. The molecule has 2 heterocycles. The van der Waals surface area contributed by atoms with Crippen LogP contribution in [0.2, 0.25) is 0 Å². The Morgan fingerprint density at radius 2 is 2.17 bits per heavy atom. The summed E-state index contributed by atoms with van der Waals surface area (Å²) in [5, 5.41) is 2.88. The molecule has 0 fully saturated rings. The molecule has 6 heteroatoms. The van der Waals surface area contributed by atoms with Gasteiger partial charge in [0.05, 0.1) is 6.33 Å². The van der Waals surface area contributed by atoms with Gasteiger partial charge in [-0.05, 0) is 40.0 Å². The summed E-state index contributed by atoms with van der Waals surface area (Å²) >= 11 is 3.23. The standard InChI is InChI=1S/C17H16BrN3O2/c1-12-7-15(18)23-16(12)17(22)20-9-13-3-2-4-14(8-13)10-21-6-5-19-11-21/h2-8,11H,9-10H2,1H3,(H,20,22). The Hall–Kier alpha value is -2.34. The number of aryl methyl sites for hydroxylation is 1. The maximum Gasteiger partial charge on any atom is 0.287 e. The van der Waals surface area contributed by atoms with Crippen molar-refractivity contribution in [2.75, 3.05) is 0 Å². The van der Waals surface area contributed by atoms with Gasteiger partial charge in [-0.2, -0.15) is 0 Å². The smallest absolute Gasteiger partial charge is 0.287 e. The van der Waals surface area contributed by atoms with Crippen LogP contribution in [0, 0.1) is 6.92 Å². The number of carbonyl (C=O) groups excluding carboxylic acids is 1. The van der Waals surface area contributed by atoms with Crippen molar-refractivity contribution in [1.82, 2.24) is 14.9 Å². The molecule has 0 saturated carbocycles. The van der Waals surface area contributed by atoms with Crippen LogP contribution in [0.3, 0.4) is 0 Å². The number of aromatic nitrogens is 2. The lowest BCUT2D eigenvalue weighted by molar-refractivity contribution is 0.0921. The molecule has 3 aromatic rings. The number of hydrogen-bond acceptors (Lipinski definition) is 3. The zero-order chi connectivity index (χ0) is 16.2. The molecule has 1 N–H and O–H groups in total. The number of nitrogens with one attached hydrogen (secondary N) is 1. The molecule has 1 aromatic carbocycles. The monoisotopic (exact) mass is 373 g/mol. The third kappa shape index (κ3) is 3.90. The maximum absolute atomic E-state index is 12.2. The molecule has 118 valence electrons. The summed E-state index contributed by atoms with van der Waals surface area (Å²) in [4.78, 5) is 16.2. The van der Waals surface area contributed by atoms with Gasteiger partial charge in [-0.1, -0.05) is 24.3 Å². The van der Waals surface area contributed by atoms with Crippen LogP contribution in [-0.4, -0.2) is 15.5 Å². The minimum atomic E-state index is -0.215. The Kier molecular flexibility index (Phi) is 4.62. The molecule has 0 unspecified atom stereocenters. The van der Waals surface area contributed by atoms with E-state index in [-0.39, 0.29) is 5.91 Å². The molecule has 0 aliphatic rings. The van der Waals surface area contributed by atoms with Crippen LogP contribution in [0.5, 0.6) is 0 Å². The fourth-order valence-corrected chi connectivity index (χ4v) is 2.87. The molecule has 23 heavy (non-hydrogen) atoms. The number of amides is 1. The lowest BCUT2D eigenvalue weighted by Crippen LogP contribution is -2.23. The van der Waals surface area contributed by atoms with E-state index in [1.54, 1.807) is 18.6 Å². The van der Waals surface area contributed by atoms with Gasteiger partial charge in [0.15, 0.2) is 10.4 Å². The Morgan fingerprint density at radius 3 is 2.87 bits per heavy atom. The minimum absolute atomic E-state index is 0.215. The molecule has 0 atom stereocenters. The Balaban J connectivity index is 1.64. The first-order valence-electron chi connectivity index (χ1n) is 7.19. The molecule has 0 spiro atoms. The summed E-state index contributed by atoms with van der Waals surface area (Å²) in [6, 6.07) is 9.88. The number of halogens is 1. The summed E-state index contributed by atoms with van der Waals surface area (Å²) in [6.45, 7) is 3.05. The van der Waals surface area contributed by atoms with Crippen LogP contribution in [0.15, 0.2) is 58.1 Å². The van der Waals surface area contributed by atoms with Crippen LogP contribution in [0.1, 0.15) is 27.2 Å². The van der Waals surface area contributed by atoms with E-state index in [0.717, 1.165) is 23.2 Å². The minimum Gasteiger partial charge on any atom is -0.444 e. The topological polar surface area (TPSA) is 60.1 Å². The molecule has 0 aliphatic heterocycles. The average molecular weight is 374 g/mol. The molecule has 5 nitrogen and oxygen atoms in total. The second kappa shape index (κ2) is 6.83. The first-order chi connectivity index (χ1) is 11.1. The highest BCUT2D eigenvalue weighted by Crippen LogP contribution is 2.19. The van der Waals surface area contributed by atoms with E-state index in [0.29, 0.717) is 17.0 Å². The van der Waals surface area contributed by atoms with Gasteiger partial charge in [-0.3, -0.25) is 4.79 Å². The van der Waals surface area contributed by atoms with Gasteiger partial charge in [0.2, 0.25) is 0 Å². The van der Waals surface area contributed by atoms with E-state index in [1.807, 2.05) is 29.8 Å². The molecular weight excluding hydrogens is 358 g/mol. The highest BCUT2D eigenvalue weighted by molar-refractivity contribution is 9.10. The van der Waals surface area contributed by atoms with Crippen molar-refractivity contribution in [3.63, 3.8) is 0 Å². The third-order valence-electron chi connectivity index (χ3n) is 3.46. The van der Waals surface area contributed by atoms with Gasteiger partial charge in [0.1, 0.15) is 0 Å². The van der Waals surface area contributed by atoms with E-state index in [9.17, 15) is 4.79 Å². The number of hydrogen-bond donors (Lipinski definition) is 1. The number of imidazole rings is 1. The summed E-state index contributed by atoms with van der Waals surface area (Å²) < 4.78 is 7.91. The van der Waals surface area contributed by atoms with E-state index < -0.39 is 0 Å². The SMILES string of the molecule is Cc1cc(Br)oc1C(=O)NCc1cccc(Cn2ccnc2)c1. The Bertz CT molecular complexity index is 809. The van der Waals surface area contributed by atoms with E-state index in [1.165, 1.54) is 0 Å². The number of benzene rings is 1. The predicted octanol–water partition coefficient (Wildman–Crippen LogP) is 3.53. The first kappa shape index (κ1) is 15.6. The maximum atomic E-state index is 12.2. The summed E-state index contributed by atoms with van der Waals surface area (Å²) in [5.74, 6) is 0.125. The van der Waals surface area contributed by atoms with E-state index in [2.05, 4.69) is 38.4 Å². The van der Waals surface area contributed by atoms with Crippen molar-refractivity contribution in [1.29, 1.82) is 0 Å². The fraction of sp³-hybridized carbons (Fsp3) is 0.176. The van der Waals surface area contributed by atoms with Crippen LogP contribution in [-0.2, 0) is 13.1 Å². The molecular formula is C17H16BrN3O2. The van der Waals surface area contributed by atoms with Crippen molar-refractivity contribution in [3.8, 4) is 0 Å². The molecule has 0 aliphatic carbocycles. The lowest BCUT2D eigenvalue weighted by atomic mass is 10.1. The van der Waals surface area contributed by atoms with Gasteiger partial charge in [0, 0.05) is 31.0 Å². The predicted molar refractivity (Wildman–Crippen MR) is 90.1 cm³/mol. The second-order valence-corrected chi connectivity index (χ2v) is 6.08. The van der Waals surface area contributed by atoms with E-state index >= 15 is 0 Å². The molecule has 3 rings (SSSR count). The van der Waals surface area contributed by atoms with Gasteiger partial charge in [-0.25, -0.2) is 4.98 Å². The van der Waals surface area contributed by atoms with Crippen LogP contribution < -0.4 is 5.32 Å². The highest BCUT2D eigenvalue weighted by atomic mass is 79.9. The highest BCUT2D eigenvalue weighted by Gasteiger charge is 2.14. The van der Waals surface area contributed by atoms with Crippen LogP contribution >= 0.6 is 15.9 Å². The number of furan rings is 1. The zero-order valence-corrected chi connectivity index (χ0v) is 14.2. The number of carbonyl (C=O) groups is 1. The van der Waals surface area contributed by atoms with Crippen LogP contribution in [0.25, 0.3) is 0 Å². The molecule has 2 aromatic heterocycles. The van der Waals surface area contributed by atoms with Crippen molar-refractivity contribution in [2.45, 2.75) is 20.0 Å². The number of rotatable bonds is 5. The molecule has 0 saturated heterocycles.